The predicted molar refractivity (Wildman–Crippen MR) is 424 cm³/mol. The lowest BCUT2D eigenvalue weighted by molar-refractivity contribution is -0.870. The van der Waals surface area contributed by atoms with Crippen LogP contribution in [-0.2, 0) is 32.7 Å². The molecule has 558 valence electrons. The largest absolute Gasteiger partial charge is 0.756 e. The summed E-state index contributed by atoms with van der Waals surface area (Å²) in [5.41, 5.74) is 0. The van der Waals surface area contributed by atoms with Crippen molar-refractivity contribution in [2.75, 3.05) is 47.5 Å². The number of hydrogen-bond acceptors (Lipinski definition) is 8. The molecule has 0 aromatic heterocycles. The Bertz CT molecular complexity index is 2270. The summed E-state index contributed by atoms with van der Waals surface area (Å²) in [5, 5.41) is 0. The molecule has 0 saturated carbocycles. The SMILES string of the molecule is CC/C=C\C/C=C\C/C=C\C/C=C\C/C=C\C/C=C\C/C=C\C/C=C\C/C=C\C/C=C\C/C=C\CCCCCC(=O)OC(COC(=O)CCCCCCCCCCCCCCCCCCCCCCCC/C=C\C/C=C\C/C=C\CCCCCCC)COP(=O)([O-])OCC[N+](C)(C)C. The van der Waals surface area contributed by atoms with Crippen LogP contribution in [0, 0.1) is 0 Å². The number of ether oxygens (including phenoxy) is 2. The minimum Gasteiger partial charge on any atom is -0.756 e. The van der Waals surface area contributed by atoms with Crippen molar-refractivity contribution in [1.29, 1.82) is 0 Å². The molecular weight excluding hydrogens is 1230 g/mol. The average Bonchev–Trinajstić information content (AvgIpc) is 1.08. The van der Waals surface area contributed by atoms with Crippen LogP contribution in [0.25, 0.3) is 0 Å². The number of esters is 2. The van der Waals surface area contributed by atoms with E-state index in [1.54, 1.807) is 0 Å². The normalized spacial score (nSPS) is 14.0. The van der Waals surface area contributed by atoms with E-state index < -0.39 is 32.5 Å². The molecule has 0 fully saturated rings. The highest BCUT2D eigenvalue weighted by atomic mass is 31.2. The second kappa shape index (κ2) is 76.5. The molecule has 0 spiro atoms. The zero-order valence-corrected chi connectivity index (χ0v) is 64.6. The van der Waals surface area contributed by atoms with Gasteiger partial charge in [-0.15, -0.1) is 0 Å². The summed E-state index contributed by atoms with van der Waals surface area (Å²) < 4.78 is 34.3. The quantitative estimate of drug-likeness (QED) is 0.0195. The monoisotopic (exact) mass is 1380 g/mol. The second-order valence-electron chi connectivity index (χ2n) is 27.3. The first-order valence-electron chi connectivity index (χ1n) is 39.8. The van der Waals surface area contributed by atoms with E-state index in [4.69, 9.17) is 18.5 Å². The molecule has 0 aliphatic rings. The van der Waals surface area contributed by atoms with Gasteiger partial charge in [0.1, 0.15) is 19.8 Å². The Morgan fingerprint density at radius 3 is 0.878 bits per heavy atom. The maximum atomic E-state index is 12.9. The highest BCUT2D eigenvalue weighted by Gasteiger charge is 2.22. The molecule has 2 unspecified atom stereocenters. The molecule has 0 rings (SSSR count). The fourth-order valence-corrected chi connectivity index (χ4v) is 11.4. The predicted octanol–water partition coefficient (Wildman–Crippen LogP) is 26.2. The molecule has 0 aliphatic heterocycles. The van der Waals surface area contributed by atoms with Gasteiger partial charge in [-0.2, -0.15) is 0 Å². The van der Waals surface area contributed by atoms with Crippen molar-refractivity contribution < 1.29 is 42.1 Å². The van der Waals surface area contributed by atoms with Crippen LogP contribution in [0.4, 0.5) is 0 Å². The summed E-state index contributed by atoms with van der Waals surface area (Å²) >= 11 is 0. The third-order valence-corrected chi connectivity index (χ3v) is 17.7. The van der Waals surface area contributed by atoms with E-state index in [-0.39, 0.29) is 26.1 Å². The molecule has 0 saturated heterocycles. The van der Waals surface area contributed by atoms with Gasteiger partial charge in [0.2, 0.25) is 0 Å². The number of quaternary nitrogens is 1. The number of carbonyl (C=O) groups excluding carboxylic acids is 2. The van der Waals surface area contributed by atoms with E-state index in [0.717, 1.165) is 122 Å². The van der Waals surface area contributed by atoms with E-state index in [1.165, 1.54) is 167 Å². The van der Waals surface area contributed by atoms with E-state index in [0.29, 0.717) is 17.4 Å². The molecule has 98 heavy (non-hydrogen) atoms. The number of likely N-dealkylation sites (N-methyl/N-ethyl adjacent to an activating group) is 1. The second-order valence-corrected chi connectivity index (χ2v) is 28.8. The van der Waals surface area contributed by atoms with Crippen LogP contribution in [0.15, 0.2) is 170 Å². The molecule has 2 atom stereocenters. The lowest BCUT2D eigenvalue weighted by Gasteiger charge is -2.28. The maximum absolute atomic E-state index is 12.9. The molecule has 0 heterocycles. The highest BCUT2D eigenvalue weighted by molar-refractivity contribution is 7.45. The Balaban J connectivity index is 4.08. The van der Waals surface area contributed by atoms with E-state index >= 15 is 0 Å². The van der Waals surface area contributed by atoms with Gasteiger partial charge in [0, 0.05) is 12.8 Å². The third kappa shape index (κ3) is 80.3. The van der Waals surface area contributed by atoms with Crippen molar-refractivity contribution >= 4 is 19.8 Å². The average molecular weight is 1380 g/mol. The Labute approximate surface area is 604 Å². The van der Waals surface area contributed by atoms with Gasteiger partial charge < -0.3 is 27.9 Å². The van der Waals surface area contributed by atoms with Crippen LogP contribution >= 0.6 is 7.82 Å². The fourth-order valence-electron chi connectivity index (χ4n) is 10.7. The Kier molecular flexibility index (Phi) is 72.9. The number of unbranched alkanes of at least 4 members (excludes halogenated alkanes) is 30. The number of allylic oxidation sites excluding steroid dienone is 28. The van der Waals surface area contributed by atoms with Gasteiger partial charge in [-0.25, -0.2) is 0 Å². The molecule has 0 N–H and O–H groups in total. The number of nitrogens with zero attached hydrogens (tertiary/aromatic N) is 1. The summed E-state index contributed by atoms with van der Waals surface area (Å²) in [5.74, 6) is -0.873. The number of rotatable bonds is 72. The molecular formula is C88H148NO8P. The Hall–Kier alpha value is -4.63. The van der Waals surface area contributed by atoms with E-state index in [1.807, 2.05) is 21.1 Å². The van der Waals surface area contributed by atoms with Crippen LogP contribution in [0.2, 0.25) is 0 Å². The van der Waals surface area contributed by atoms with Crippen molar-refractivity contribution in [3.05, 3.63) is 170 Å². The molecule has 0 amide bonds. The van der Waals surface area contributed by atoms with Crippen molar-refractivity contribution in [3.8, 4) is 0 Å². The van der Waals surface area contributed by atoms with Gasteiger partial charge in [-0.3, -0.25) is 14.2 Å². The summed E-state index contributed by atoms with van der Waals surface area (Å²) in [4.78, 5) is 38.2. The molecule has 0 aromatic carbocycles. The number of hydrogen-bond donors (Lipinski definition) is 0. The zero-order valence-electron chi connectivity index (χ0n) is 63.7. The molecule has 9 nitrogen and oxygen atoms in total. The standard InChI is InChI=1S/C88H148NO8P/c1-6-8-10-12-14-16-18-20-22-24-26-28-30-32-34-36-38-40-42-44-46-48-50-52-54-56-58-60-62-64-66-68-70-72-74-76-78-80-87(90)94-84-86(85-96-98(92,93)95-83-82-89(3,4)5)97-88(91)81-79-77-75-73-71-69-67-65-63-61-59-57-55-53-51-49-47-45-43-41-39-37-35-33-31-29-27-25-23-21-19-17-15-13-11-9-7-2/h9,11,15,17-18,20-21,23-24,26-27,29-30,32-33,35,39,41,45,47,51,53,57,59,63,65,69,71,86H,6-8,10,12-14,16,19,22,25,28,31,34,36-38,40,42-44,46,48-50,52,54-56,58,60-62,64,66-68,70,72-85H2,1-5H3/b11-9-,17-15-,20-18-,23-21-,26-24-,29-27-,32-30-,35-33-,41-39-,47-45-,53-51-,59-57-,65-63-,71-69-. The Morgan fingerprint density at radius 2 is 0.582 bits per heavy atom. The van der Waals surface area contributed by atoms with Crippen LogP contribution in [0.1, 0.15) is 322 Å². The van der Waals surface area contributed by atoms with Gasteiger partial charge >= 0.3 is 11.9 Å². The Morgan fingerprint density at radius 1 is 0.327 bits per heavy atom. The van der Waals surface area contributed by atoms with Gasteiger partial charge in [-0.05, 0) is 135 Å². The lowest BCUT2D eigenvalue weighted by Crippen LogP contribution is -2.37. The summed E-state index contributed by atoms with van der Waals surface area (Å²) in [6, 6.07) is 0. The number of carbonyl (C=O) groups is 2. The van der Waals surface area contributed by atoms with Crippen LogP contribution in [0.3, 0.4) is 0 Å². The van der Waals surface area contributed by atoms with Gasteiger partial charge in [0.15, 0.2) is 6.10 Å². The summed E-state index contributed by atoms with van der Waals surface area (Å²) in [6.45, 7) is 4.08. The van der Waals surface area contributed by atoms with Crippen molar-refractivity contribution in [2.45, 2.75) is 328 Å². The first-order valence-corrected chi connectivity index (χ1v) is 41.3. The first kappa shape index (κ1) is 93.4. The molecule has 0 aliphatic carbocycles. The van der Waals surface area contributed by atoms with E-state index in [2.05, 4.69) is 184 Å². The first-order chi connectivity index (χ1) is 48.0. The maximum Gasteiger partial charge on any atom is 0.306 e. The lowest BCUT2D eigenvalue weighted by atomic mass is 10.0. The molecule has 10 heteroatoms. The van der Waals surface area contributed by atoms with E-state index in [9.17, 15) is 19.0 Å². The van der Waals surface area contributed by atoms with Crippen LogP contribution in [-0.4, -0.2) is 70.0 Å². The van der Waals surface area contributed by atoms with Gasteiger partial charge in [0.05, 0.1) is 27.7 Å². The van der Waals surface area contributed by atoms with Crippen molar-refractivity contribution in [3.63, 3.8) is 0 Å². The molecule has 0 bridgehead atoms. The zero-order chi connectivity index (χ0) is 71.1. The van der Waals surface area contributed by atoms with Crippen LogP contribution < -0.4 is 4.89 Å². The van der Waals surface area contributed by atoms with Crippen LogP contribution in [0.5, 0.6) is 0 Å². The topological polar surface area (TPSA) is 111 Å². The number of phosphoric acid groups is 1. The smallest absolute Gasteiger partial charge is 0.306 e. The molecule has 0 radical (unpaired) electrons. The summed E-state index contributed by atoms with van der Waals surface area (Å²) in [7, 11) is 1.13. The minimum atomic E-state index is -4.67. The number of phosphoric ester groups is 1. The third-order valence-electron chi connectivity index (χ3n) is 16.7. The van der Waals surface area contributed by atoms with Crippen molar-refractivity contribution in [2.24, 2.45) is 0 Å². The summed E-state index contributed by atoms with van der Waals surface area (Å²) in [6.07, 6.45) is 116. The minimum absolute atomic E-state index is 0.0450. The highest BCUT2D eigenvalue weighted by Crippen LogP contribution is 2.38. The fraction of sp³-hybridized carbons (Fsp3) is 0.659. The van der Waals surface area contributed by atoms with Crippen molar-refractivity contribution in [1.82, 2.24) is 0 Å². The van der Waals surface area contributed by atoms with Gasteiger partial charge in [-0.1, -0.05) is 344 Å². The van der Waals surface area contributed by atoms with Gasteiger partial charge in [0.25, 0.3) is 7.82 Å². The molecule has 0 aromatic rings.